The quantitative estimate of drug-likeness (QED) is 0.420. The van der Waals surface area contributed by atoms with Crippen LogP contribution in [0, 0.1) is 6.92 Å². The van der Waals surface area contributed by atoms with Crippen LogP contribution >= 0.6 is 0 Å². The van der Waals surface area contributed by atoms with Crippen molar-refractivity contribution in [1.82, 2.24) is 15.0 Å². The van der Waals surface area contributed by atoms with E-state index in [1.165, 1.54) is 25.2 Å². The number of aryl methyl sites for hydroxylation is 1. The SMILES string of the molecule is Cc1ccc(CNc2nc(Nc3cccc(C(N)=O)c3)ncc2C(F)(F)F)c(N(C)S(C)(=O)=O)n1. The second kappa shape index (κ2) is 9.74. The first-order valence-electron chi connectivity index (χ1n) is 10.0. The molecule has 0 saturated heterocycles. The van der Waals surface area contributed by atoms with E-state index in [9.17, 15) is 26.4 Å². The average Bonchev–Trinajstić information content (AvgIpc) is 2.76. The Bertz CT molecular complexity index is 1360. The maximum absolute atomic E-state index is 13.6. The van der Waals surface area contributed by atoms with E-state index in [0.29, 0.717) is 23.1 Å². The molecule has 1 amide bonds. The molecule has 0 aliphatic rings. The Morgan fingerprint density at radius 2 is 1.89 bits per heavy atom. The van der Waals surface area contributed by atoms with Gasteiger partial charge in [-0.1, -0.05) is 12.1 Å². The van der Waals surface area contributed by atoms with Crippen LogP contribution in [0.5, 0.6) is 0 Å². The summed E-state index contributed by atoms with van der Waals surface area (Å²) in [5.74, 6) is -1.30. The van der Waals surface area contributed by atoms with Crippen molar-refractivity contribution in [3.8, 4) is 0 Å². The molecule has 1 aromatic carbocycles. The molecule has 0 radical (unpaired) electrons. The molecular weight excluding hydrogens is 487 g/mol. The van der Waals surface area contributed by atoms with E-state index in [0.717, 1.165) is 10.6 Å². The maximum atomic E-state index is 13.6. The molecule has 0 saturated carbocycles. The molecule has 3 rings (SSSR count). The van der Waals surface area contributed by atoms with Crippen molar-refractivity contribution >= 4 is 39.2 Å². The number of amides is 1. The van der Waals surface area contributed by atoms with Gasteiger partial charge in [0.05, 0.1) is 6.26 Å². The second-order valence-electron chi connectivity index (χ2n) is 7.54. The van der Waals surface area contributed by atoms with E-state index in [2.05, 4.69) is 25.6 Å². The van der Waals surface area contributed by atoms with Gasteiger partial charge in [-0.05, 0) is 31.2 Å². The predicted molar refractivity (Wildman–Crippen MR) is 125 cm³/mol. The van der Waals surface area contributed by atoms with Gasteiger partial charge in [-0.15, -0.1) is 0 Å². The minimum atomic E-state index is -4.76. The van der Waals surface area contributed by atoms with Crippen LogP contribution < -0.4 is 20.7 Å². The molecule has 0 spiro atoms. The number of primary amides is 1. The van der Waals surface area contributed by atoms with Crippen LogP contribution in [0.15, 0.2) is 42.6 Å². The molecule has 0 aliphatic heterocycles. The van der Waals surface area contributed by atoms with Crippen LogP contribution in [0.1, 0.15) is 27.2 Å². The van der Waals surface area contributed by atoms with Crippen molar-refractivity contribution in [2.24, 2.45) is 5.73 Å². The molecule has 0 unspecified atom stereocenters. The lowest BCUT2D eigenvalue weighted by Crippen LogP contribution is -2.27. The molecule has 10 nitrogen and oxygen atoms in total. The van der Waals surface area contributed by atoms with Crippen molar-refractivity contribution in [2.45, 2.75) is 19.6 Å². The highest BCUT2D eigenvalue weighted by Gasteiger charge is 2.35. The minimum Gasteiger partial charge on any atom is -0.366 e. The lowest BCUT2D eigenvalue weighted by Gasteiger charge is -2.20. The number of anilines is 4. The van der Waals surface area contributed by atoms with Crippen LogP contribution in [0.3, 0.4) is 0 Å². The number of hydrogen-bond acceptors (Lipinski definition) is 8. The summed E-state index contributed by atoms with van der Waals surface area (Å²) in [6.07, 6.45) is -3.15. The van der Waals surface area contributed by atoms with E-state index >= 15 is 0 Å². The van der Waals surface area contributed by atoms with Crippen LogP contribution in [0.25, 0.3) is 0 Å². The number of nitrogens with zero attached hydrogens (tertiary/aromatic N) is 4. The molecule has 3 aromatic rings. The number of halogens is 3. The zero-order chi connectivity index (χ0) is 26.0. The molecule has 0 fully saturated rings. The smallest absolute Gasteiger partial charge is 0.366 e. The van der Waals surface area contributed by atoms with Crippen molar-refractivity contribution < 1.29 is 26.4 Å². The summed E-state index contributed by atoms with van der Waals surface area (Å²) in [7, 11) is -2.37. The second-order valence-corrected chi connectivity index (χ2v) is 9.56. The number of carbonyl (C=O) groups is 1. The van der Waals surface area contributed by atoms with Crippen molar-refractivity contribution in [1.29, 1.82) is 0 Å². The number of rotatable bonds is 8. The summed E-state index contributed by atoms with van der Waals surface area (Å²) in [6, 6.07) is 9.16. The van der Waals surface area contributed by atoms with E-state index < -0.39 is 33.5 Å². The van der Waals surface area contributed by atoms with E-state index in [4.69, 9.17) is 5.73 Å². The Labute approximate surface area is 199 Å². The zero-order valence-corrected chi connectivity index (χ0v) is 19.7. The van der Waals surface area contributed by atoms with Gasteiger partial charge in [-0.25, -0.2) is 18.4 Å². The lowest BCUT2D eigenvalue weighted by molar-refractivity contribution is -0.137. The molecule has 186 valence electrons. The van der Waals surface area contributed by atoms with Gasteiger partial charge in [0.2, 0.25) is 21.9 Å². The minimum absolute atomic E-state index is 0.0734. The summed E-state index contributed by atoms with van der Waals surface area (Å²) in [5.41, 5.74) is 5.53. The molecule has 2 aromatic heterocycles. The summed E-state index contributed by atoms with van der Waals surface area (Å²) >= 11 is 0. The third-order valence-electron chi connectivity index (χ3n) is 4.83. The molecule has 0 aliphatic carbocycles. The van der Waals surface area contributed by atoms with Gasteiger partial charge < -0.3 is 16.4 Å². The third kappa shape index (κ3) is 6.35. The maximum Gasteiger partial charge on any atom is 0.421 e. The fourth-order valence-corrected chi connectivity index (χ4v) is 3.45. The standard InChI is InChI=1S/C21H22F3N7O3S/c1-12-7-8-14(19(28-12)31(2)35(3,33)34)10-26-18-16(21(22,23)24)11-27-20(30-18)29-15-6-4-5-13(9-15)17(25)32/h4-9,11H,10H2,1-3H3,(H2,25,32)(H2,26,27,29,30). The predicted octanol–water partition coefficient (Wildman–Crippen LogP) is 3.05. The Balaban J connectivity index is 1.94. The Kier molecular flexibility index (Phi) is 7.14. The molecule has 0 bridgehead atoms. The van der Waals surface area contributed by atoms with Gasteiger partial charge in [0.15, 0.2) is 0 Å². The molecule has 14 heteroatoms. The van der Waals surface area contributed by atoms with Crippen molar-refractivity contribution in [3.63, 3.8) is 0 Å². The highest BCUT2D eigenvalue weighted by molar-refractivity contribution is 7.92. The van der Waals surface area contributed by atoms with Gasteiger partial charge in [-0.3, -0.25) is 9.10 Å². The van der Waals surface area contributed by atoms with E-state index in [-0.39, 0.29) is 23.9 Å². The highest BCUT2D eigenvalue weighted by atomic mass is 32.2. The monoisotopic (exact) mass is 509 g/mol. The topological polar surface area (TPSA) is 143 Å². The first kappa shape index (κ1) is 25.7. The molecule has 4 N–H and O–H groups in total. The number of nitrogens with one attached hydrogen (secondary N) is 2. The number of nitrogens with two attached hydrogens (primary N) is 1. The zero-order valence-electron chi connectivity index (χ0n) is 18.9. The molecule has 35 heavy (non-hydrogen) atoms. The summed E-state index contributed by atoms with van der Waals surface area (Å²) in [6.45, 7) is 1.45. The first-order chi connectivity index (χ1) is 16.3. The normalized spacial score (nSPS) is 11.7. The van der Waals surface area contributed by atoms with E-state index in [1.54, 1.807) is 25.1 Å². The van der Waals surface area contributed by atoms with Crippen molar-refractivity contribution in [3.05, 3.63) is 65.0 Å². The summed E-state index contributed by atoms with van der Waals surface area (Å²) < 4.78 is 65.7. The Morgan fingerprint density at radius 3 is 2.51 bits per heavy atom. The number of pyridine rings is 1. The Hall–Kier alpha value is -3.94. The molecule has 2 heterocycles. The summed E-state index contributed by atoms with van der Waals surface area (Å²) in [4.78, 5) is 23.3. The number of benzene rings is 1. The van der Waals surface area contributed by atoms with Gasteiger partial charge >= 0.3 is 6.18 Å². The summed E-state index contributed by atoms with van der Waals surface area (Å²) in [5, 5.41) is 5.35. The molecule has 0 atom stereocenters. The number of carbonyl (C=O) groups excluding carboxylic acids is 1. The van der Waals surface area contributed by atoms with Crippen LogP contribution in [-0.4, -0.2) is 42.6 Å². The third-order valence-corrected chi connectivity index (χ3v) is 6.00. The number of aromatic nitrogens is 3. The number of hydrogen-bond donors (Lipinski definition) is 3. The fraction of sp³-hybridized carbons (Fsp3) is 0.238. The largest absolute Gasteiger partial charge is 0.421 e. The van der Waals surface area contributed by atoms with Gasteiger partial charge in [-0.2, -0.15) is 18.2 Å². The van der Waals surface area contributed by atoms with Gasteiger partial charge in [0.25, 0.3) is 0 Å². The molecular formula is C21H22F3N7O3S. The van der Waals surface area contributed by atoms with Gasteiger partial charge in [0, 0.05) is 42.3 Å². The van der Waals surface area contributed by atoms with Gasteiger partial charge in [0.1, 0.15) is 17.2 Å². The Morgan fingerprint density at radius 1 is 1.17 bits per heavy atom. The van der Waals surface area contributed by atoms with Crippen LogP contribution in [0.2, 0.25) is 0 Å². The van der Waals surface area contributed by atoms with Crippen molar-refractivity contribution in [2.75, 3.05) is 28.2 Å². The number of sulfonamides is 1. The average molecular weight is 510 g/mol. The lowest BCUT2D eigenvalue weighted by atomic mass is 10.2. The van der Waals surface area contributed by atoms with Crippen LogP contribution in [0.4, 0.5) is 36.4 Å². The highest BCUT2D eigenvalue weighted by Crippen LogP contribution is 2.34. The first-order valence-corrected chi connectivity index (χ1v) is 11.9. The van der Waals surface area contributed by atoms with E-state index in [1.807, 2.05) is 0 Å². The van der Waals surface area contributed by atoms with Crippen LogP contribution in [-0.2, 0) is 22.7 Å². The number of alkyl halides is 3. The fourth-order valence-electron chi connectivity index (χ4n) is 2.98.